The van der Waals surface area contributed by atoms with Crippen molar-refractivity contribution in [2.24, 2.45) is 17.6 Å². The Morgan fingerprint density at radius 1 is 1.41 bits per heavy atom. The molecule has 0 aromatic carbocycles. The van der Waals surface area contributed by atoms with E-state index in [2.05, 4.69) is 0 Å². The second-order valence-electron chi connectivity index (χ2n) is 6.56. The highest BCUT2D eigenvalue weighted by atomic mass is 32.2. The van der Waals surface area contributed by atoms with Gasteiger partial charge in [-0.05, 0) is 18.8 Å². The second kappa shape index (κ2) is 5.81. The third kappa shape index (κ3) is 2.62. The van der Waals surface area contributed by atoms with E-state index in [4.69, 9.17) is 5.73 Å². The van der Waals surface area contributed by atoms with Gasteiger partial charge in [-0.15, -0.1) is 0 Å². The maximum atomic E-state index is 12.6. The lowest BCUT2D eigenvalue weighted by Crippen LogP contribution is -2.51. The first-order chi connectivity index (χ1) is 10.1. The molecule has 0 spiro atoms. The maximum Gasteiger partial charge on any atom is 0.241 e. The summed E-state index contributed by atoms with van der Waals surface area (Å²) in [6.07, 6.45) is 2.04. The zero-order valence-corrected chi connectivity index (χ0v) is 14.3. The van der Waals surface area contributed by atoms with Gasteiger partial charge in [0.2, 0.25) is 21.8 Å². The van der Waals surface area contributed by atoms with E-state index in [9.17, 15) is 18.0 Å². The Hall–Kier alpha value is -1.15. The Kier molecular flexibility index (Phi) is 4.54. The van der Waals surface area contributed by atoms with Crippen LogP contribution in [0.25, 0.3) is 0 Å². The molecule has 0 aromatic rings. The van der Waals surface area contributed by atoms with Crippen molar-refractivity contribution in [2.45, 2.75) is 51.7 Å². The molecule has 0 aromatic heterocycles. The number of rotatable bonds is 4. The summed E-state index contributed by atoms with van der Waals surface area (Å²) in [7, 11) is -3.62. The summed E-state index contributed by atoms with van der Waals surface area (Å²) in [4.78, 5) is 26.7. The number of fused-ring (bicyclic) bond motifs is 1. The predicted molar refractivity (Wildman–Crippen MR) is 82.2 cm³/mol. The highest BCUT2D eigenvalue weighted by molar-refractivity contribution is 7.88. The lowest BCUT2D eigenvalue weighted by Gasteiger charge is -2.30. The largest absolute Gasteiger partial charge is 0.335 e. The van der Waals surface area contributed by atoms with Gasteiger partial charge in [0.25, 0.3) is 0 Å². The summed E-state index contributed by atoms with van der Waals surface area (Å²) in [5, 5.41) is 0. The Morgan fingerprint density at radius 2 is 2.00 bits per heavy atom. The van der Waals surface area contributed by atoms with Crippen molar-refractivity contribution in [1.29, 1.82) is 0 Å². The third-order valence-electron chi connectivity index (χ3n) is 4.75. The number of hydrogen-bond acceptors (Lipinski definition) is 5. The van der Waals surface area contributed by atoms with Crippen LogP contribution in [0.4, 0.5) is 0 Å². The molecule has 0 bridgehead atoms. The lowest BCUT2D eigenvalue weighted by molar-refractivity contribution is -0.136. The molecule has 0 aliphatic carbocycles. The summed E-state index contributed by atoms with van der Waals surface area (Å²) in [6.45, 7) is 6.03. The van der Waals surface area contributed by atoms with Gasteiger partial charge in [-0.3, -0.25) is 9.59 Å². The quantitative estimate of drug-likeness (QED) is 0.767. The summed E-state index contributed by atoms with van der Waals surface area (Å²) >= 11 is 0. The van der Waals surface area contributed by atoms with Crippen LogP contribution in [-0.4, -0.2) is 60.4 Å². The van der Waals surface area contributed by atoms with Crippen LogP contribution in [0.1, 0.15) is 33.6 Å². The average molecular weight is 331 g/mol. The summed E-state index contributed by atoms with van der Waals surface area (Å²) in [5.41, 5.74) is 5.96. The second-order valence-corrected chi connectivity index (χ2v) is 8.42. The van der Waals surface area contributed by atoms with Crippen LogP contribution in [0.5, 0.6) is 0 Å². The molecular weight excluding hydrogens is 306 g/mol. The zero-order chi connectivity index (χ0) is 16.8. The highest BCUT2D eigenvalue weighted by Crippen LogP contribution is 2.39. The topological polar surface area (TPSA) is 101 Å². The van der Waals surface area contributed by atoms with Gasteiger partial charge in [-0.25, -0.2) is 12.7 Å². The molecule has 2 amide bonds. The Balaban J connectivity index is 2.35. The number of amides is 2. The molecule has 7 nitrogen and oxygen atoms in total. The van der Waals surface area contributed by atoms with Gasteiger partial charge in [0.1, 0.15) is 0 Å². The van der Waals surface area contributed by atoms with E-state index in [1.54, 1.807) is 4.90 Å². The van der Waals surface area contributed by atoms with Crippen LogP contribution in [0.2, 0.25) is 0 Å². The van der Waals surface area contributed by atoms with Gasteiger partial charge in [0, 0.05) is 6.54 Å². The molecule has 1 unspecified atom stereocenters. The lowest BCUT2D eigenvalue weighted by atomic mass is 9.95. The molecule has 126 valence electrons. The van der Waals surface area contributed by atoms with Crippen molar-refractivity contribution in [3.8, 4) is 0 Å². The first kappa shape index (κ1) is 17.2. The van der Waals surface area contributed by atoms with E-state index < -0.39 is 33.9 Å². The minimum atomic E-state index is -3.62. The number of hydrogen-bond donors (Lipinski definition) is 1. The maximum absolute atomic E-state index is 12.6. The van der Waals surface area contributed by atoms with Crippen molar-refractivity contribution >= 4 is 21.8 Å². The van der Waals surface area contributed by atoms with Crippen LogP contribution in [0.15, 0.2) is 0 Å². The minimum absolute atomic E-state index is 0.00487. The number of nitrogens with zero attached hydrogens (tertiary/aromatic N) is 2. The van der Waals surface area contributed by atoms with Crippen molar-refractivity contribution in [2.75, 3.05) is 12.8 Å². The molecule has 2 rings (SSSR count). The van der Waals surface area contributed by atoms with E-state index in [0.29, 0.717) is 19.4 Å². The van der Waals surface area contributed by atoms with E-state index in [1.165, 1.54) is 0 Å². The first-order valence-electron chi connectivity index (χ1n) is 7.70. The fourth-order valence-electron chi connectivity index (χ4n) is 3.57. The van der Waals surface area contributed by atoms with Crippen molar-refractivity contribution in [1.82, 2.24) is 9.21 Å². The molecule has 4 atom stereocenters. The average Bonchev–Trinajstić information content (AvgIpc) is 2.92. The summed E-state index contributed by atoms with van der Waals surface area (Å²) in [6, 6.07) is -1.46. The van der Waals surface area contributed by atoms with Crippen LogP contribution < -0.4 is 5.73 Å². The van der Waals surface area contributed by atoms with Gasteiger partial charge in [0.15, 0.2) is 0 Å². The normalized spacial score (nSPS) is 30.1. The fourth-order valence-corrected chi connectivity index (χ4v) is 4.76. The number of carbonyl (C=O) groups is 2. The zero-order valence-electron chi connectivity index (χ0n) is 13.5. The van der Waals surface area contributed by atoms with Gasteiger partial charge >= 0.3 is 0 Å². The summed E-state index contributed by atoms with van der Waals surface area (Å²) < 4.78 is 24.9. The summed E-state index contributed by atoms with van der Waals surface area (Å²) in [5.74, 6) is -1.06. The van der Waals surface area contributed by atoms with E-state index in [0.717, 1.165) is 10.6 Å². The molecule has 8 heteroatoms. The standard InChI is InChI=1S/C14H25N3O4S/c1-5-9-12-10(17(13(9)18)22(4,20)21)6-7-16(12)14(19)11(15)8(2)3/h8-12H,5-7,15H2,1-4H3/t9?,10-,11-,12+/m0/s1. The van der Waals surface area contributed by atoms with Gasteiger partial charge < -0.3 is 10.6 Å². The van der Waals surface area contributed by atoms with E-state index in [1.807, 2.05) is 20.8 Å². The number of nitrogens with two attached hydrogens (primary N) is 1. The molecule has 2 aliphatic heterocycles. The smallest absolute Gasteiger partial charge is 0.241 e. The number of sulfonamides is 1. The Morgan fingerprint density at radius 3 is 2.45 bits per heavy atom. The monoisotopic (exact) mass is 331 g/mol. The van der Waals surface area contributed by atoms with E-state index >= 15 is 0 Å². The van der Waals surface area contributed by atoms with Crippen molar-refractivity contribution < 1.29 is 18.0 Å². The highest BCUT2D eigenvalue weighted by Gasteiger charge is 2.57. The Bertz CT molecular complexity index is 575. The molecule has 0 saturated carbocycles. The number of likely N-dealkylation sites (tertiary alicyclic amines) is 1. The third-order valence-corrected chi connectivity index (χ3v) is 5.92. The molecular formula is C14H25N3O4S. The van der Waals surface area contributed by atoms with Crippen LogP contribution in [0, 0.1) is 11.8 Å². The molecule has 2 saturated heterocycles. The molecule has 22 heavy (non-hydrogen) atoms. The molecule has 2 fully saturated rings. The molecule has 2 aliphatic rings. The first-order valence-corrected chi connectivity index (χ1v) is 9.55. The molecule has 2 N–H and O–H groups in total. The molecule has 0 radical (unpaired) electrons. The van der Waals surface area contributed by atoms with Crippen molar-refractivity contribution in [3.05, 3.63) is 0 Å². The van der Waals surface area contributed by atoms with Gasteiger partial charge in [-0.2, -0.15) is 0 Å². The van der Waals surface area contributed by atoms with Crippen molar-refractivity contribution in [3.63, 3.8) is 0 Å². The van der Waals surface area contributed by atoms with Crippen LogP contribution in [0.3, 0.4) is 0 Å². The SMILES string of the molecule is CCC1C(=O)N(S(C)(=O)=O)[C@H]2CCN(C(=O)[C@@H](N)C(C)C)[C@H]12. The van der Waals surface area contributed by atoms with Gasteiger partial charge in [-0.1, -0.05) is 20.8 Å². The number of carbonyl (C=O) groups excluding carboxylic acids is 2. The van der Waals surface area contributed by atoms with E-state index in [-0.39, 0.29) is 17.9 Å². The fraction of sp³-hybridized carbons (Fsp3) is 0.857. The molecule has 2 heterocycles. The van der Waals surface area contributed by atoms with Crippen LogP contribution in [-0.2, 0) is 19.6 Å². The predicted octanol–water partition coefficient (Wildman–Crippen LogP) is -0.233. The minimum Gasteiger partial charge on any atom is -0.335 e. The van der Waals surface area contributed by atoms with Crippen LogP contribution >= 0.6 is 0 Å². The van der Waals surface area contributed by atoms with Gasteiger partial charge in [0.05, 0.1) is 30.3 Å². The Labute approximate surface area is 131 Å².